The van der Waals surface area contributed by atoms with Crippen LogP contribution in [-0.2, 0) is 10.0 Å². The summed E-state index contributed by atoms with van der Waals surface area (Å²) in [6.07, 6.45) is 0. The third-order valence-corrected chi connectivity index (χ3v) is 6.91. The number of carbonyl (C=O) groups is 1. The summed E-state index contributed by atoms with van der Waals surface area (Å²) in [5.74, 6) is -0.962. The second kappa shape index (κ2) is 9.89. The van der Waals surface area contributed by atoms with Crippen LogP contribution in [0.4, 0.5) is 10.1 Å². The van der Waals surface area contributed by atoms with E-state index in [0.717, 1.165) is 23.3 Å². The van der Waals surface area contributed by atoms with E-state index in [2.05, 4.69) is 10.0 Å². The first-order valence-corrected chi connectivity index (χ1v) is 12.1. The standard InChI is InChI=1S/C27H23FN2O3S/c1-19-18-22(28)16-17-25(19)34(32,33)30-24-15-9-8-14-23(24)27(31)29-26(20-10-4-2-5-11-20)21-12-6-3-7-13-21/h2-18,26,30H,1H3,(H,29,31). The van der Waals surface area contributed by atoms with Crippen molar-refractivity contribution in [3.63, 3.8) is 0 Å². The minimum atomic E-state index is -4.05. The van der Waals surface area contributed by atoms with Crippen LogP contribution in [0.5, 0.6) is 0 Å². The number of amides is 1. The zero-order valence-corrected chi connectivity index (χ0v) is 19.2. The fourth-order valence-electron chi connectivity index (χ4n) is 3.74. The maximum Gasteiger partial charge on any atom is 0.262 e. The van der Waals surface area contributed by atoms with E-state index >= 15 is 0 Å². The minimum Gasteiger partial charge on any atom is -0.341 e. The summed E-state index contributed by atoms with van der Waals surface area (Å²) in [6.45, 7) is 1.51. The highest BCUT2D eigenvalue weighted by Gasteiger charge is 2.23. The number of aryl methyl sites for hydroxylation is 1. The molecule has 0 aliphatic rings. The van der Waals surface area contributed by atoms with Crippen molar-refractivity contribution in [1.82, 2.24) is 5.32 Å². The van der Waals surface area contributed by atoms with Gasteiger partial charge in [-0.25, -0.2) is 12.8 Å². The van der Waals surface area contributed by atoms with Crippen LogP contribution < -0.4 is 10.0 Å². The number of sulfonamides is 1. The average Bonchev–Trinajstić information content (AvgIpc) is 2.83. The molecule has 4 aromatic carbocycles. The molecule has 0 fully saturated rings. The highest BCUT2D eigenvalue weighted by atomic mass is 32.2. The molecule has 0 aromatic heterocycles. The van der Waals surface area contributed by atoms with Crippen LogP contribution in [0.3, 0.4) is 0 Å². The summed E-state index contributed by atoms with van der Waals surface area (Å²) in [5.41, 5.74) is 2.35. The number of rotatable bonds is 7. The van der Waals surface area contributed by atoms with E-state index in [4.69, 9.17) is 0 Å². The van der Waals surface area contributed by atoms with Gasteiger partial charge in [-0.3, -0.25) is 9.52 Å². The van der Waals surface area contributed by atoms with Crippen molar-refractivity contribution >= 4 is 21.6 Å². The van der Waals surface area contributed by atoms with Crippen molar-refractivity contribution < 1.29 is 17.6 Å². The molecule has 7 heteroatoms. The van der Waals surface area contributed by atoms with Gasteiger partial charge in [-0.2, -0.15) is 0 Å². The molecule has 172 valence electrons. The van der Waals surface area contributed by atoms with E-state index in [9.17, 15) is 17.6 Å². The number of para-hydroxylation sites is 1. The van der Waals surface area contributed by atoms with E-state index in [-0.39, 0.29) is 21.7 Å². The Balaban J connectivity index is 1.66. The molecule has 0 aliphatic heterocycles. The third-order valence-electron chi connectivity index (χ3n) is 5.38. The van der Waals surface area contributed by atoms with Gasteiger partial charge in [0.05, 0.1) is 22.2 Å². The van der Waals surface area contributed by atoms with Crippen molar-refractivity contribution in [2.45, 2.75) is 17.9 Å². The minimum absolute atomic E-state index is 0.0597. The first-order chi connectivity index (χ1) is 16.3. The summed E-state index contributed by atoms with van der Waals surface area (Å²) in [5, 5.41) is 3.03. The Labute approximate surface area is 198 Å². The summed E-state index contributed by atoms with van der Waals surface area (Å²) in [6, 6.07) is 28.4. The zero-order chi connectivity index (χ0) is 24.1. The van der Waals surface area contributed by atoms with Crippen molar-refractivity contribution in [3.8, 4) is 0 Å². The lowest BCUT2D eigenvalue weighted by Gasteiger charge is -2.21. The second-order valence-corrected chi connectivity index (χ2v) is 9.44. The molecule has 34 heavy (non-hydrogen) atoms. The van der Waals surface area contributed by atoms with Crippen molar-refractivity contribution in [3.05, 3.63) is 131 Å². The normalized spacial score (nSPS) is 11.3. The molecule has 0 unspecified atom stereocenters. The monoisotopic (exact) mass is 474 g/mol. The summed E-state index contributed by atoms with van der Waals surface area (Å²) < 4.78 is 42.0. The Morgan fingerprint density at radius 3 is 1.94 bits per heavy atom. The van der Waals surface area contributed by atoms with Crippen LogP contribution in [-0.4, -0.2) is 14.3 Å². The summed E-state index contributed by atoms with van der Waals surface area (Å²) in [4.78, 5) is 13.3. The predicted octanol–water partition coefficient (Wildman–Crippen LogP) is 5.45. The van der Waals surface area contributed by atoms with E-state index in [1.54, 1.807) is 18.2 Å². The van der Waals surface area contributed by atoms with E-state index in [1.807, 2.05) is 60.7 Å². The van der Waals surface area contributed by atoms with Gasteiger partial charge < -0.3 is 5.32 Å². The number of hydrogen-bond acceptors (Lipinski definition) is 3. The molecule has 0 saturated heterocycles. The molecular weight excluding hydrogens is 451 g/mol. The first-order valence-electron chi connectivity index (χ1n) is 10.6. The van der Waals surface area contributed by atoms with Crippen molar-refractivity contribution in [1.29, 1.82) is 0 Å². The Hall–Kier alpha value is -3.97. The lowest BCUT2D eigenvalue weighted by atomic mass is 9.98. The summed E-state index contributed by atoms with van der Waals surface area (Å²) >= 11 is 0. The highest BCUT2D eigenvalue weighted by molar-refractivity contribution is 7.92. The highest BCUT2D eigenvalue weighted by Crippen LogP contribution is 2.26. The molecular formula is C27H23FN2O3S. The molecule has 0 heterocycles. The molecule has 0 aliphatic carbocycles. The Morgan fingerprint density at radius 2 is 1.35 bits per heavy atom. The first kappa shape index (κ1) is 23.2. The van der Waals surface area contributed by atoms with Crippen LogP contribution in [0.2, 0.25) is 0 Å². The van der Waals surface area contributed by atoms with Crippen LogP contribution in [0.15, 0.2) is 108 Å². The van der Waals surface area contributed by atoms with Gasteiger partial charge in [0.25, 0.3) is 15.9 Å². The van der Waals surface area contributed by atoms with E-state index in [1.165, 1.54) is 19.1 Å². The van der Waals surface area contributed by atoms with Crippen LogP contribution >= 0.6 is 0 Å². The molecule has 0 saturated carbocycles. The second-order valence-electron chi connectivity index (χ2n) is 7.79. The van der Waals surface area contributed by atoms with Gasteiger partial charge in [-0.05, 0) is 53.9 Å². The van der Waals surface area contributed by atoms with Gasteiger partial charge in [-0.1, -0.05) is 72.8 Å². The smallest absolute Gasteiger partial charge is 0.262 e. The topological polar surface area (TPSA) is 75.3 Å². The zero-order valence-electron chi connectivity index (χ0n) is 18.4. The largest absolute Gasteiger partial charge is 0.341 e. The number of nitrogens with one attached hydrogen (secondary N) is 2. The third kappa shape index (κ3) is 5.15. The molecule has 1 amide bonds. The number of anilines is 1. The number of carbonyl (C=O) groups excluding carboxylic acids is 1. The SMILES string of the molecule is Cc1cc(F)ccc1S(=O)(=O)Nc1ccccc1C(=O)NC(c1ccccc1)c1ccccc1. The molecule has 0 radical (unpaired) electrons. The van der Waals surface area contributed by atoms with Crippen molar-refractivity contribution in [2.75, 3.05) is 4.72 Å². The van der Waals surface area contributed by atoms with Gasteiger partial charge in [0.1, 0.15) is 5.82 Å². The fourth-order valence-corrected chi connectivity index (χ4v) is 5.05. The van der Waals surface area contributed by atoms with E-state index < -0.39 is 27.8 Å². The number of halogens is 1. The lowest BCUT2D eigenvalue weighted by molar-refractivity contribution is 0.0944. The molecule has 0 atom stereocenters. The van der Waals surface area contributed by atoms with Crippen LogP contribution in [0.25, 0.3) is 0 Å². The lowest BCUT2D eigenvalue weighted by Crippen LogP contribution is -2.30. The van der Waals surface area contributed by atoms with Gasteiger partial charge in [-0.15, -0.1) is 0 Å². The Bertz CT molecular complexity index is 1370. The van der Waals surface area contributed by atoms with E-state index in [0.29, 0.717) is 0 Å². The van der Waals surface area contributed by atoms with Crippen LogP contribution in [0, 0.1) is 12.7 Å². The molecule has 0 bridgehead atoms. The maximum absolute atomic E-state index is 13.5. The average molecular weight is 475 g/mol. The van der Waals surface area contributed by atoms with Crippen molar-refractivity contribution in [2.24, 2.45) is 0 Å². The maximum atomic E-state index is 13.5. The Kier molecular flexibility index (Phi) is 6.75. The molecule has 5 nitrogen and oxygen atoms in total. The number of hydrogen-bond donors (Lipinski definition) is 2. The number of benzene rings is 4. The van der Waals surface area contributed by atoms with Gasteiger partial charge in [0.15, 0.2) is 0 Å². The Morgan fingerprint density at radius 1 is 0.794 bits per heavy atom. The molecule has 4 rings (SSSR count). The van der Waals surface area contributed by atoms with Crippen LogP contribution in [0.1, 0.15) is 33.1 Å². The molecule has 2 N–H and O–H groups in total. The quantitative estimate of drug-likeness (QED) is 0.374. The predicted molar refractivity (Wildman–Crippen MR) is 131 cm³/mol. The summed E-state index contributed by atoms with van der Waals surface area (Å²) in [7, 11) is -4.05. The molecule has 4 aromatic rings. The molecule has 0 spiro atoms. The van der Waals surface area contributed by atoms with Gasteiger partial charge >= 0.3 is 0 Å². The fraction of sp³-hybridized carbons (Fsp3) is 0.0741. The van der Waals surface area contributed by atoms with Gasteiger partial charge in [0, 0.05) is 0 Å². The van der Waals surface area contributed by atoms with Gasteiger partial charge in [0.2, 0.25) is 0 Å².